The Balaban J connectivity index is -0.0000000417. The number of aliphatic carboxylic acids is 1. The first-order valence-corrected chi connectivity index (χ1v) is 1.53. The van der Waals surface area contributed by atoms with Gasteiger partial charge in [-0.05, 0) is 6.92 Å². The molecule has 0 bridgehead atoms. The van der Waals surface area contributed by atoms with Crippen molar-refractivity contribution in [1.82, 2.24) is 6.15 Å². The number of carboxylic acids is 1. The molecule has 0 fully saturated rings. The standard InChI is InChI=1S/C3H6O3.Ca.H3N.Zr/c1-2(4)3(5)6;;;/h2,4H,1H3,(H,5,6);;1H3;/q;+2;;+2. The molecule has 0 aliphatic rings. The van der Waals surface area contributed by atoms with Crippen molar-refractivity contribution in [2.75, 3.05) is 0 Å². The van der Waals surface area contributed by atoms with Crippen LogP contribution >= 0.6 is 0 Å². The fourth-order valence-electron chi connectivity index (χ4n) is 0. The number of rotatable bonds is 1. The van der Waals surface area contributed by atoms with Crippen LogP contribution in [0.4, 0.5) is 0 Å². The average Bonchev–Trinajstić information content (AvgIpc) is 1.36. The molecule has 6 heteroatoms. The van der Waals surface area contributed by atoms with Crippen LogP contribution in [0.3, 0.4) is 0 Å². The van der Waals surface area contributed by atoms with Gasteiger partial charge in [0.05, 0.1) is 12.1 Å². The SMILES string of the molecule is CC(O)C(=O)[O-].[Ca+2].[NH4+].[Zr+2]. The van der Waals surface area contributed by atoms with Crippen molar-refractivity contribution in [1.29, 1.82) is 0 Å². The number of aliphatic hydroxyl groups excluding tert-OH is 1. The maximum atomic E-state index is 9.34. The molecule has 4 nitrogen and oxygen atoms in total. The molecule has 0 amide bonds. The van der Waals surface area contributed by atoms with E-state index in [4.69, 9.17) is 5.11 Å². The van der Waals surface area contributed by atoms with Crippen molar-refractivity contribution in [3.8, 4) is 0 Å². The fraction of sp³-hybridized carbons (Fsp3) is 0.667. The van der Waals surface area contributed by atoms with Gasteiger partial charge < -0.3 is 21.2 Å². The smallest absolute Gasteiger partial charge is 0.547 e. The molecule has 0 radical (unpaired) electrons. The zero-order valence-corrected chi connectivity index (χ0v) is 10.2. The molecule has 0 saturated carbocycles. The minimum atomic E-state index is -1.44. The van der Waals surface area contributed by atoms with Crippen molar-refractivity contribution in [2.45, 2.75) is 13.0 Å². The van der Waals surface area contributed by atoms with Crippen LogP contribution in [0.15, 0.2) is 0 Å². The molecule has 0 aromatic rings. The predicted octanol–water partition coefficient (Wildman–Crippen LogP) is -1.89. The van der Waals surface area contributed by atoms with Crippen molar-refractivity contribution in [3.63, 3.8) is 0 Å². The Bertz CT molecular complexity index is 70.1. The maximum absolute atomic E-state index is 9.34. The first-order chi connectivity index (χ1) is 2.64. The molecule has 0 saturated heterocycles. The molecule has 0 heterocycles. The summed E-state index contributed by atoms with van der Waals surface area (Å²) in [5.74, 6) is -1.44. The van der Waals surface area contributed by atoms with Gasteiger partial charge in [-0.2, -0.15) is 0 Å². The van der Waals surface area contributed by atoms with E-state index >= 15 is 0 Å². The number of quaternary nitrogens is 1. The summed E-state index contributed by atoms with van der Waals surface area (Å²) in [5, 5.41) is 17.3. The predicted molar refractivity (Wildman–Crippen MR) is 28.4 cm³/mol. The Morgan fingerprint density at radius 1 is 1.67 bits per heavy atom. The maximum Gasteiger partial charge on any atom is 2.00 e. The van der Waals surface area contributed by atoms with Crippen molar-refractivity contribution in [3.05, 3.63) is 0 Å². The number of aliphatic hydroxyl groups is 1. The van der Waals surface area contributed by atoms with Crippen LogP contribution in [-0.2, 0) is 31.0 Å². The van der Waals surface area contributed by atoms with Gasteiger partial charge in [-0.3, -0.25) is 0 Å². The molecule has 0 aromatic heterocycles. The van der Waals surface area contributed by atoms with E-state index in [1.54, 1.807) is 0 Å². The summed E-state index contributed by atoms with van der Waals surface area (Å²) in [4.78, 5) is 9.34. The van der Waals surface area contributed by atoms with Gasteiger partial charge in [0.25, 0.3) is 0 Å². The summed E-state index contributed by atoms with van der Waals surface area (Å²) in [7, 11) is 0. The van der Waals surface area contributed by atoms with Gasteiger partial charge >= 0.3 is 63.9 Å². The average molecular weight is 238 g/mol. The summed E-state index contributed by atoms with van der Waals surface area (Å²) < 4.78 is 0. The minimum Gasteiger partial charge on any atom is -0.547 e. The quantitative estimate of drug-likeness (QED) is 0.523. The molecule has 0 aliphatic carbocycles. The summed E-state index contributed by atoms with van der Waals surface area (Å²) in [6.45, 7) is 1.13. The van der Waals surface area contributed by atoms with E-state index in [1.165, 1.54) is 0 Å². The normalized spacial score (nSPS) is 9.11. The van der Waals surface area contributed by atoms with Gasteiger partial charge in [-0.25, -0.2) is 0 Å². The van der Waals surface area contributed by atoms with Crippen LogP contribution in [0, 0.1) is 0 Å². The molecular weight excluding hydrogens is 229 g/mol. The second kappa shape index (κ2) is 12.2. The number of hydrogen-bond acceptors (Lipinski definition) is 3. The van der Waals surface area contributed by atoms with Gasteiger partial charge in [0.2, 0.25) is 0 Å². The molecule has 1 atom stereocenters. The monoisotopic (exact) mass is 237 g/mol. The summed E-state index contributed by atoms with van der Waals surface area (Å²) in [6.07, 6.45) is -1.34. The zero-order chi connectivity index (χ0) is 5.15. The molecule has 1 unspecified atom stereocenters. The van der Waals surface area contributed by atoms with Gasteiger partial charge in [0.15, 0.2) is 0 Å². The van der Waals surface area contributed by atoms with E-state index in [0.717, 1.165) is 6.92 Å². The number of carboxylic acid groups (broad SMARTS) is 1. The van der Waals surface area contributed by atoms with E-state index in [9.17, 15) is 9.90 Å². The Hall–Kier alpha value is 1.53. The van der Waals surface area contributed by atoms with E-state index in [-0.39, 0.29) is 70.1 Å². The zero-order valence-electron chi connectivity index (χ0n) is 5.55. The first-order valence-electron chi connectivity index (χ1n) is 1.53. The second-order valence-corrected chi connectivity index (χ2v) is 0.995. The van der Waals surface area contributed by atoms with E-state index in [2.05, 4.69) is 0 Å². The summed E-state index contributed by atoms with van der Waals surface area (Å²) >= 11 is 0. The number of hydrogen-bond donors (Lipinski definition) is 2. The van der Waals surface area contributed by atoms with Gasteiger partial charge in [-0.1, -0.05) is 0 Å². The Kier molecular flexibility index (Phi) is 30.5. The molecule has 0 rings (SSSR count). The van der Waals surface area contributed by atoms with E-state index < -0.39 is 12.1 Å². The Labute approximate surface area is 103 Å². The fourth-order valence-corrected chi connectivity index (χ4v) is 0. The third-order valence-corrected chi connectivity index (χ3v) is 0.341. The topological polar surface area (TPSA) is 96.9 Å². The van der Waals surface area contributed by atoms with Gasteiger partial charge in [-0.15, -0.1) is 0 Å². The minimum absolute atomic E-state index is 0. The molecule has 9 heavy (non-hydrogen) atoms. The Morgan fingerprint density at radius 2 is 1.78 bits per heavy atom. The molecule has 0 aliphatic heterocycles. The van der Waals surface area contributed by atoms with Crippen LogP contribution < -0.4 is 11.3 Å². The number of carbonyl (C=O) groups is 1. The van der Waals surface area contributed by atoms with Crippen molar-refractivity contribution >= 4 is 43.7 Å². The number of carbonyl (C=O) groups excluding carboxylic acids is 1. The summed E-state index contributed by atoms with van der Waals surface area (Å²) in [5.41, 5.74) is 0. The molecule has 5 N–H and O–H groups in total. The van der Waals surface area contributed by atoms with Gasteiger partial charge in [0.1, 0.15) is 0 Å². The van der Waals surface area contributed by atoms with Crippen LogP contribution in [0.25, 0.3) is 0 Å². The van der Waals surface area contributed by atoms with E-state index in [0.29, 0.717) is 0 Å². The van der Waals surface area contributed by atoms with Crippen LogP contribution in [0.5, 0.6) is 0 Å². The van der Waals surface area contributed by atoms with Crippen LogP contribution in [0.1, 0.15) is 6.92 Å². The first kappa shape index (κ1) is 22.4. The van der Waals surface area contributed by atoms with E-state index in [1.807, 2.05) is 0 Å². The van der Waals surface area contributed by atoms with Crippen molar-refractivity contribution in [2.24, 2.45) is 0 Å². The molecule has 46 valence electrons. The third kappa shape index (κ3) is 17.7. The van der Waals surface area contributed by atoms with Crippen LogP contribution in [0.2, 0.25) is 0 Å². The van der Waals surface area contributed by atoms with Gasteiger partial charge in [0, 0.05) is 0 Å². The molecule has 0 spiro atoms. The molecular formula is C3H9CaNO3Zr+4. The summed E-state index contributed by atoms with van der Waals surface area (Å²) in [6, 6.07) is 0. The second-order valence-electron chi connectivity index (χ2n) is 0.995. The van der Waals surface area contributed by atoms with Crippen LogP contribution in [-0.4, -0.2) is 54.9 Å². The largest absolute Gasteiger partial charge is 2.00 e. The third-order valence-electron chi connectivity index (χ3n) is 0.341. The molecule has 0 aromatic carbocycles. The van der Waals surface area contributed by atoms with Crippen molar-refractivity contribution < 1.29 is 41.2 Å². The Morgan fingerprint density at radius 3 is 1.78 bits per heavy atom.